The lowest BCUT2D eigenvalue weighted by molar-refractivity contribution is -0.139. The van der Waals surface area contributed by atoms with Crippen LogP contribution in [-0.4, -0.2) is 23.6 Å². The highest BCUT2D eigenvalue weighted by Crippen LogP contribution is 2.31. The third kappa shape index (κ3) is 3.92. The second-order valence-electron chi connectivity index (χ2n) is 6.72. The first-order valence-electron chi connectivity index (χ1n) is 8.48. The van der Waals surface area contributed by atoms with Gasteiger partial charge in [0.15, 0.2) is 0 Å². The first-order chi connectivity index (χ1) is 11.5. The van der Waals surface area contributed by atoms with Crippen LogP contribution in [0.4, 0.5) is 0 Å². The lowest BCUT2D eigenvalue weighted by atomic mass is 9.92. The van der Waals surface area contributed by atoms with E-state index in [-0.39, 0.29) is 24.6 Å². The van der Waals surface area contributed by atoms with Crippen LogP contribution in [-0.2, 0) is 16.0 Å². The molecule has 2 aromatic rings. The van der Waals surface area contributed by atoms with Crippen LogP contribution in [0, 0.1) is 13.8 Å². The van der Waals surface area contributed by atoms with Gasteiger partial charge < -0.3 is 9.84 Å². The highest BCUT2D eigenvalue weighted by Gasteiger charge is 2.28. The Morgan fingerprint density at radius 2 is 1.83 bits per heavy atom. The van der Waals surface area contributed by atoms with Crippen molar-refractivity contribution in [3.05, 3.63) is 70.3 Å². The minimum absolute atomic E-state index is 0.107. The molecular weight excluding hydrogens is 300 g/mol. The zero-order chi connectivity index (χ0) is 17.1. The van der Waals surface area contributed by atoms with Gasteiger partial charge in [-0.3, -0.25) is 4.79 Å². The van der Waals surface area contributed by atoms with E-state index in [9.17, 15) is 9.90 Å². The number of hydrogen-bond donors (Lipinski definition) is 1. The molecular formula is C21H24O3. The molecule has 24 heavy (non-hydrogen) atoms. The summed E-state index contributed by atoms with van der Waals surface area (Å²) in [6.07, 6.45) is 0.946. The highest BCUT2D eigenvalue weighted by atomic mass is 16.5. The molecule has 1 heterocycles. The van der Waals surface area contributed by atoms with Crippen LogP contribution in [0.3, 0.4) is 0 Å². The summed E-state index contributed by atoms with van der Waals surface area (Å²) in [5, 5.41) is 9.31. The topological polar surface area (TPSA) is 46.5 Å². The van der Waals surface area contributed by atoms with Crippen molar-refractivity contribution in [2.75, 3.05) is 6.61 Å². The number of benzene rings is 2. The molecule has 1 aliphatic rings. The van der Waals surface area contributed by atoms with Gasteiger partial charge in [0.1, 0.15) is 5.78 Å². The van der Waals surface area contributed by atoms with Gasteiger partial charge in [-0.05, 0) is 42.5 Å². The predicted octanol–water partition coefficient (Wildman–Crippen LogP) is 3.68. The molecule has 126 valence electrons. The molecule has 0 saturated carbocycles. The summed E-state index contributed by atoms with van der Waals surface area (Å²) < 4.78 is 5.88. The minimum atomic E-state index is -0.377. The summed E-state index contributed by atoms with van der Waals surface area (Å²) in [6, 6.07) is 14.8. The molecule has 0 bridgehead atoms. The van der Waals surface area contributed by atoms with Gasteiger partial charge in [0.05, 0.1) is 18.8 Å². The fourth-order valence-electron chi connectivity index (χ4n) is 3.18. The first-order valence-corrected chi connectivity index (χ1v) is 8.48. The predicted molar refractivity (Wildman–Crippen MR) is 94.1 cm³/mol. The van der Waals surface area contributed by atoms with Gasteiger partial charge in [0.25, 0.3) is 0 Å². The maximum Gasteiger partial charge on any atom is 0.138 e. The average Bonchev–Trinajstić information content (AvgIpc) is 2.58. The van der Waals surface area contributed by atoms with Gasteiger partial charge in [-0.15, -0.1) is 0 Å². The van der Waals surface area contributed by atoms with Crippen LogP contribution in [0.25, 0.3) is 0 Å². The molecule has 0 radical (unpaired) electrons. The van der Waals surface area contributed by atoms with Gasteiger partial charge in [-0.1, -0.05) is 48.0 Å². The normalized spacial score (nSPS) is 21.0. The first kappa shape index (κ1) is 16.9. The molecule has 3 nitrogen and oxygen atoms in total. The number of rotatable bonds is 4. The lowest BCUT2D eigenvalue weighted by Crippen LogP contribution is -2.31. The van der Waals surface area contributed by atoms with Crippen molar-refractivity contribution in [1.82, 2.24) is 0 Å². The van der Waals surface area contributed by atoms with Crippen molar-refractivity contribution >= 4 is 5.78 Å². The smallest absolute Gasteiger partial charge is 0.138 e. The van der Waals surface area contributed by atoms with Gasteiger partial charge in [-0.2, -0.15) is 0 Å². The molecule has 1 N–H and O–H groups in total. The molecule has 1 fully saturated rings. The standard InChI is InChI=1S/C21H24O3/c1-14-3-6-16(7-4-14)9-18-10-17(8-5-15(18)2)21-12-19(23)11-20(13-22)24-21/h3-8,10,20-22H,9,11-13H2,1-2H3/t20-,21+/m0/s1. The van der Waals surface area contributed by atoms with Crippen LogP contribution in [0.2, 0.25) is 0 Å². The monoisotopic (exact) mass is 324 g/mol. The van der Waals surface area contributed by atoms with Crippen molar-refractivity contribution in [3.63, 3.8) is 0 Å². The summed E-state index contributed by atoms with van der Waals surface area (Å²) in [6.45, 7) is 4.09. The molecule has 2 atom stereocenters. The fraction of sp³-hybridized carbons (Fsp3) is 0.381. The van der Waals surface area contributed by atoms with E-state index >= 15 is 0 Å². The summed E-state index contributed by atoms with van der Waals surface area (Å²) in [5.41, 5.74) is 6.04. The zero-order valence-corrected chi connectivity index (χ0v) is 14.3. The largest absolute Gasteiger partial charge is 0.394 e. The number of ketones is 1. The Bertz CT molecular complexity index is 718. The van der Waals surface area contributed by atoms with Crippen LogP contribution in [0.5, 0.6) is 0 Å². The molecule has 0 spiro atoms. The number of carbonyl (C=O) groups is 1. The SMILES string of the molecule is Cc1ccc(Cc2cc([C@H]3CC(=O)C[C@@H](CO)O3)ccc2C)cc1. The molecule has 3 rings (SSSR count). The number of aliphatic hydroxyl groups is 1. The number of hydrogen-bond acceptors (Lipinski definition) is 3. The summed E-state index contributed by atoms with van der Waals surface area (Å²) in [4.78, 5) is 11.9. The van der Waals surface area contributed by atoms with Crippen molar-refractivity contribution in [2.24, 2.45) is 0 Å². The van der Waals surface area contributed by atoms with E-state index in [1.54, 1.807) is 0 Å². The van der Waals surface area contributed by atoms with Crippen molar-refractivity contribution in [2.45, 2.75) is 45.3 Å². The van der Waals surface area contributed by atoms with Crippen LogP contribution in [0.1, 0.15) is 46.8 Å². The summed E-state index contributed by atoms with van der Waals surface area (Å²) >= 11 is 0. The Kier molecular flexibility index (Phi) is 5.12. The molecule has 0 aliphatic carbocycles. The second kappa shape index (κ2) is 7.29. The summed E-state index contributed by atoms with van der Waals surface area (Å²) in [5.74, 6) is 0.158. The third-order valence-corrected chi connectivity index (χ3v) is 4.69. The number of Topliss-reactive ketones (excluding diaryl/α,β-unsaturated/α-hetero) is 1. The Morgan fingerprint density at radius 1 is 1.08 bits per heavy atom. The fourth-order valence-corrected chi connectivity index (χ4v) is 3.18. The average molecular weight is 324 g/mol. The third-order valence-electron chi connectivity index (χ3n) is 4.69. The van der Waals surface area contributed by atoms with Crippen LogP contribution < -0.4 is 0 Å². The molecule has 0 amide bonds. The lowest BCUT2D eigenvalue weighted by Gasteiger charge is -2.29. The quantitative estimate of drug-likeness (QED) is 0.933. The number of carbonyl (C=O) groups excluding carboxylic acids is 1. The highest BCUT2D eigenvalue weighted by molar-refractivity contribution is 5.80. The number of aryl methyl sites for hydroxylation is 2. The zero-order valence-electron chi connectivity index (χ0n) is 14.3. The Morgan fingerprint density at radius 3 is 2.54 bits per heavy atom. The van der Waals surface area contributed by atoms with E-state index in [1.807, 2.05) is 6.07 Å². The molecule has 3 heteroatoms. The second-order valence-corrected chi connectivity index (χ2v) is 6.72. The molecule has 0 unspecified atom stereocenters. The van der Waals surface area contributed by atoms with Gasteiger partial charge in [0.2, 0.25) is 0 Å². The van der Waals surface area contributed by atoms with E-state index < -0.39 is 0 Å². The maximum atomic E-state index is 11.9. The van der Waals surface area contributed by atoms with E-state index in [4.69, 9.17) is 4.74 Å². The maximum absolute atomic E-state index is 11.9. The van der Waals surface area contributed by atoms with E-state index in [1.165, 1.54) is 22.3 Å². The Balaban J connectivity index is 1.83. The van der Waals surface area contributed by atoms with Gasteiger partial charge >= 0.3 is 0 Å². The number of aliphatic hydroxyl groups excluding tert-OH is 1. The molecule has 1 aliphatic heterocycles. The number of ether oxygens (including phenoxy) is 1. The van der Waals surface area contributed by atoms with Crippen LogP contribution >= 0.6 is 0 Å². The molecule has 2 aromatic carbocycles. The van der Waals surface area contributed by atoms with E-state index in [0.717, 1.165) is 12.0 Å². The van der Waals surface area contributed by atoms with Crippen molar-refractivity contribution < 1.29 is 14.6 Å². The van der Waals surface area contributed by atoms with E-state index in [0.29, 0.717) is 12.8 Å². The minimum Gasteiger partial charge on any atom is -0.394 e. The van der Waals surface area contributed by atoms with Gasteiger partial charge in [-0.25, -0.2) is 0 Å². The van der Waals surface area contributed by atoms with Crippen molar-refractivity contribution in [3.8, 4) is 0 Å². The van der Waals surface area contributed by atoms with Crippen LogP contribution in [0.15, 0.2) is 42.5 Å². The van der Waals surface area contributed by atoms with Crippen molar-refractivity contribution in [1.29, 1.82) is 0 Å². The van der Waals surface area contributed by atoms with E-state index in [2.05, 4.69) is 50.2 Å². The molecule has 0 aromatic heterocycles. The van der Waals surface area contributed by atoms with Gasteiger partial charge in [0, 0.05) is 12.8 Å². The Hall–Kier alpha value is -1.97. The molecule has 1 saturated heterocycles. The summed E-state index contributed by atoms with van der Waals surface area (Å²) in [7, 11) is 0. The Labute approximate surface area is 143 Å².